The predicted molar refractivity (Wildman–Crippen MR) is 114 cm³/mol. The minimum Gasteiger partial charge on any atom is -0.343 e. The standard InChI is InChI=1S/C24H22N4O2/c25-14-17-9-11-28(12-10-17)23(29)16-27-24(30)19-7-5-18(6-8-19)21-13-20-3-1-2-4-22(20)26-15-21/h1-8,13,15,17H,9-12,16H2,(H,27,30). The van der Waals surface area contributed by atoms with E-state index in [0.29, 0.717) is 31.5 Å². The van der Waals surface area contributed by atoms with Crippen LogP contribution in [0.15, 0.2) is 60.8 Å². The number of pyridine rings is 1. The van der Waals surface area contributed by atoms with Crippen molar-refractivity contribution in [1.82, 2.24) is 15.2 Å². The lowest BCUT2D eigenvalue weighted by molar-refractivity contribution is -0.131. The molecular formula is C24H22N4O2. The van der Waals surface area contributed by atoms with Crippen LogP contribution in [0.1, 0.15) is 23.2 Å². The fourth-order valence-electron chi connectivity index (χ4n) is 3.67. The molecule has 0 unspecified atom stereocenters. The molecule has 0 radical (unpaired) electrons. The molecule has 1 aliphatic rings. The summed E-state index contributed by atoms with van der Waals surface area (Å²) in [5.41, 5.74) is 3.40. The number of likely N-dealkylation sites (tertiary alicyclic amines) is 1. The normalized spacial score (nSPS) is 14.3. The van der Waals surface area contributed by atoms with Crippen molar-refractivity contribution < 1.29 is 9.59 Å². The van der Waals surface area contributed by atoms with Crippen molar-refractivity contribution in [1.29, 1.82) is 5.26 Å². The van der Waals surface area contributed by atoms with Crippen molar-refractivity contribution in [2.24, 2.45) is 5.92 Å². The molecule has 150 valence electrons. The fraction of sp³-hybridized carbons (Fsp3) is 0.250. The first-order valence-electron chi connectivity index (χ1n) is 10.0. The van der Waals surface area contributed by atoms with Crippen LogP contribution in [0.2, 0.25) is 0 Å². The van der Waals surface area contributed by atoms with Gasteiger partial charge in [0.2, 0.25) is 5.91 Å². The van der Waals surface area contributed by atoms with Crippen LogP contribution in [0.25, 0.3) is 22.0 Å². The van der Waals surface area contributed by atoms with Gasteiger partial charge >= 0.3 is 0 Å². The zero-order valence-corrected chi connectivity index (χ0v) is 16.5. The predicted octanol–water partition coefficient (Wildman–Crippen LogP) is 3.39. The van der Waals surface area contributed by atoms with Crippen LogP contribution >= 0.6 is 0 Å². The second-order valence-corrected chi connectivity index (χ2v) is 7.46. The van der Waals surface area contributed by atoms with Crippen LogP contribution in [0.3, 0.4) is 0 Å². The van der Waals surface area contributed by atoms with E-state index in [0.717, 1.165) is 22.0 Å². The number of nitrogens with one attached hydrogen (secondary N) is 1. The number of hydrogen-bond acceptors (Lipinski definition) is 4. The highest BCUT2D eigenvalue weighted by atomic mass is 16.2. The molecule has 4 rings (SSSR count). The number of piperidine rings is 1. The number of rotatable bonds is 4. The molecule has 1 N–H and O–H groups in total. The van der Waals surface area contributed by atoms with Crippen molar-refractivity contribution in [3.63, 3.8) is 0 Å². The maximum absolute atomic E-state index is 12.4. The lowest BCUT2D eigenvalue weighted by Crippen LogP contribution is -2.43. The third-order valence-corrected chi connectivity index (χ3v) is 5.50. The Bertz CT molecular complexity index is 1110. The van der Waals surface area contributed by atoms with Gasteiger partial charge in [-0.2, -0.15) is 5.26 Å². The van der Waals surface area contributed by atoms with E-state index in [9.17, 15) is 9.59 Å². The van der Waals surface area contributed by atoms with Gasteiger partial charge in [0.05, 0.1) is 18.1 Å². The minimum absolute atomic E-state index is 0.0277. The first-order valence-corrected chi connectivity index (χ1v) is 10.0. The highest BCUT2D eigenvalue weighted by Crippen LogP contribution is 2.23. The monoisotopic (exact) mass is 398 g/mol. The Kier molecular flexibility index (Phi) is 5.71. The van der Waals surface area contributed by atoms with Crippen LogP contribution in [0.5, 0.6) is 0 Å². The maximum atomic E-state index is 12.4. The number of nitriles is 1. The number of benzene rings is 2. The highest BCUT2D eigenvalue weighted by molar-refractivity contribution is 5.97. The summed E-state index contributed by atoms with van der Waals surface area (Å²) in [6, 6.07) is 19.5. The number of para-hydroxylation sites is 1. The molecule has 0 atom stereocenters. The van der Waals surface area contributed by atoms with Gasteiger partial charge in [0.15, 0.2) is 0 Å². The largest absolute Gasteiger partial charge is 0.343 e. The van der Waals surface area contributed by atoms with E-state index in [4.69, 9.17) is 5.26 Å². The van der Waals surface area contributed by atoms with E-state index in [2.05, 4.69) is 22.4 Å². The van der Waals surface area contributed by atoms with Crippen molar-refractivity contribution in [2.45, 2.75) is 12.8 Å². The van der Waals surface area contributed by atoms with Gasteiger partial charge in [-0.25, -0.2) is 0 Å². The SMILES string of the molecule is N#CC1CCN(C(=O)CNC(=O)c2ccc(-c3cnc4ccccc4c3)cc2)CC1. The van der Waals surface area contributed by atoms with Crippen molar-refractivity contribution in [2.75, 3.05) is 19.6 Å². The van der Waals surface area contributed by atoms with Gasteiger partial charge in [-0.1, -0.05) is 30.3 Å². The molecule has 3 aromatic rings. The Morgan fingerprint density at radius 3 is 2.53 bits per heavy atom. The average molecular weight is 398 g/mol. The zero-order chi connectivity index (χ0) is 20.9. The lowest BCUT2D eigenvalue weighted by Gasteiger charge is -2.29. The van der Waals surface area contributed by atoms with E-state index < -0.39 is 0 Å². The van der Waals surface area contributed by atoms with Gasteiger partial charge in [-0.05, 0) is 42.7 Å². The molecule has 30 heavy (non-hydrogen) atoms. The molecule has 0 spiro atoms. The van der Waals surface area contributed by atoms with Crippen molar-refractivity contribution >= 4 is 22.7 Å². The summed E-state index contributed by atoms with van der Waals surface area (Å²) in [4.78, 5) is 30.9. The molecule has 1 saturated heterocycles. The van der Waals surface area contributed by atoms with Gasteiger partial charge in [0.1, 0.15) is 0 Å². The highest BCUT2D eigenvalue weighted by Gasteiger charge is 2.22. The van der Waals surface area contributed by atoms with E-state index in [1.165, 1.54) is 0 Å². The summed E-state index contributed by atoms with van der Waals surface area (Å²) in [6.07, 6.45) is 3.22. The van der Waals surface area contributed by atoms with Crippen LogP contribution in [-0.2, 0) is 4.79 Å². The molecule has 2 amide bonds. The van der Waals surface area contributed by atoms with Crippen molar-refractivity contribution in [3.8, 4) is 17.2 Å². The minimum atomic E-state index is -0.279. The smallest absolute Gasteiger partial charge is 0.251 e. The Morgan fingerprint density at radius 2 is 1.80 bits per heavy atom. The van der Waals surface area contributed by atoms with Gasteiger partial charge in [-0.15, -0.1) is 0 Å². The molecule has 1 fully saturated rings. The van der Waals surface area contributed by atoms with E-state index in [1.807, 2.05) is 42.6 Å². The number of amides is 2. The molecule has 6 nitrogen and oxygen atoms in total. The molecular weight excluding hydrogens is 376 g/mol. The Balaban J connectivity index is 1.36. The first-order chi connectivity index (χ1) is 14.6. The lowest BCUT2D eigenvalue weighted by atomic mass is 9.98. The molecule has 1 aromatic heterocycles. The summed E-state index contributed by atoms with van der Waals surface area (Å²) < 4.78 is 0. The number of hydrogen-bond donors (Lipinski definition) is 1. The zero-order valence-electron chi connectivity index (χ0n) is 16.5. The van der Waals surface area contributed by atoms with Crippen LogP contribution in [-0.4, -0.2) is 41.3 Å². The summed E-state index contributed by atoms with van der Waals surface area (Å²) in [5, 5.41) is 12.7. The number of carbonyl (C=O) groups excluding carboxylic acids is 2. The summed E-state index contributed by atoms with van der Waals surface area (Å²) >= 11 is 0. The maximum Gasteiger partial charge on any atom is 0.251 e. The van der Waals surface area contributed by atoms with Gasteiger partial charge in [-0.3, -0.25) is 14.6 Å². The van der Waals surface area contributed by atoms with E-state index >= 15 is 0 Å². The molecule has 1 aliphatic heterocycles. The van der Waals surface area contributed by atoms with Crippen LogP contribution in [0.4, 0.5) is 0 Å². The summed E-state index contributed by atoms with van der Waals surface area (Å²) in [7, 11) is 0. The van der Waals surface area contributed by atoms with Crippen molar-refractivity contribution in [3.05, 3.63) is 66.4 Å². The Labute approximate surface area is 175 Å². The topological polar surface area (TPSA) is 86.1 Å². The fourth-order valence-corrected chi connectivity index (χ4v) is 3.67. The number of aromatic nitrogens is 1. The molecule has 2 aromatic carbocycles. The second-order valence-electron chi connectivity index (χ2n) is 7.46. The van der Waals surface area contributed by atoms with Crippen LogP contribution < -0.4 is 5.32 Å². The average Bonchev–Trinajstić information content (AvgIpc) is 2.82. The number of nitrogens with zero attached hydrogens (tertiary/aromatic N) is 3. The van der Waals surface area contributed by atoms with Crippen LogP contribution in [0, 0.1) is 17.2 Å². The van der Waals surface area contributed by atoms with Gasteiger partial charge in [0.25, 0.3) is 5.91 Å². The van der Waals surface area contributed by atoms with Gasteiger partial charge < -0.3 is 10.2 Å². The molecule has 0 aliphatic carbocycles. The number of fused-ring (bicyclic) bond motifs is 1. The molecule has 0 bridgehead atoms. The quantitative estimate of drug-likeness (QED) is 0.730. The third-order valence-electron chi connectivity index (χ3n) is 5.50. The third kappa shape index (κ3) is 4.31. The molecule has 2 heterocycles. The Hall–Kier alpha value is -3.72. The summed E-state index contributed by atoms with van der Waals surface area (Å²) in [6.45, 7) is 1.11. The molecule has 6 heteroatoms. The van der Waals surface area contributed by atoms with Gasteiger partial charge in [0, 0.05) is 41.7 Å². The first kappa shape index (κ1) is 19.6. The second kappa shape index (κ2) is 8.75. The number of carbonyl (C=O) groups is 2. The van der Waals surface area contributed by atoms with E-state index in [1.54, 1.807) is 17.0 Å². The Morgan fingerprint density at radius 1 is 1.07 bits per heavy atom. The summed E-state index contributed by atoms with van der Waals surface area (Å²) in [5.74, 6) is -0.364. The van der Waals surface area contributed by atoms with E-state index in [-0.39, 0.29) is 24.3 Å². The molecule has 0 saturated carbocycles.